The molecule has 0 saturated carbocycles. The Hall–Kier alpha value is -2.43. The number of rotatable bonds is 5. The largest absolute Gasteiger partial charge is 0.349 e. The average molecular weight is 326 g/mol. The van der Waals surface area contributed by atoms with Gasteiger partial charge in [-0.1, -0.05) is 32.0 Å². The van der Waals surface area contributed by atoms with Crippen LogP contribution in [0.5, 0.6) is 0 Å². The normalized spacial score (nSPS) is 11.0. The Kier molecular flexibility index (Phi) is 5.54. The van der Waals surface area contributed by atoms with Crippen LogP contribution >= 0.6 is 0 Å². The molecule has 2 rings (SSSR count). The van der Waals surface area contributed by atoms with E-state index in [0.717, 1.165) is 11.3 Å². The van der Waals surface area contributed by atoms with Crippen LogP contribution in [0, 0.1) is 13.8 Å². The van der Waals surface area contributed by atoms with Gasteiger partial charge in [0.25, 0.3) is 5.91 Å². The minimum Gasteiger partial charge on any atom is -0.349 e. The van der Waals surface area contributed by atoms with Gasteiger partial charge in [-0.05, 0) is 44.7 Å². The summed E-state index contributed by atoms with van der Waals surface area (Å²) in [7, 11) is 0. The molecular weight excluding hydrogens is 300 g/mol. The monoisotopic (exact) mass is 326 g/mol. The highest BCUT2D eigenvalue weighted by Gasteiger charge is 2.14. The van der Waals surface area contributed by atoms with Gasteiger partial charge in [-0.3, -0.25) is 4.79 Å². The summed E-state index contributed by atoms with van der Waals surface area (Å²) >= 11 is 0. The molecule has 0 saturated heterocycles. The molecule has 0 spiro atoms. The molecule has 1 aromatic carbocycles. The molecule has 1 aromatic heterocycles. The van der Waals surface area contributed by atoms with Crippen molar-refractivity contribution in [3.05, 3.63) is 46.9 Å². The van der Waals surface area contributed by atoms with Crippen LogP contribution < -0.4 is 10.6 Å². The number of nitrogens with one attached hydrogen (secondary N) is 2. The summed E-state index contributed by atoms with van der Waals surface area (Å²) in [5.41, 5.74) is 3.78. The van der Waals surface area contributed by atoms with Crippen molar-refractivity contribution in [3.8, 4) is 0 Å². The van der Waals surface area contributed by atoms with Crippen LogP contribution in [0.15, 0.2) is 24.3 Å². The van der Waals surface area contributed by atoms with Crippen molar-refractivity contribution in [2.24, 2.45) is 0 Å². The van der Waals surface area contributed by atoms with Crippen LogP contribution in [-0.4, -0.2) is 21.9 Å². The van der Waals surface area contributed by atoms with E-state index in [0.29, 0.717) is 23.3 Å². The average Bonchev–Trinajstić information content (AvgIpc) is 2.47. The first-order valence-corrected chi connectivity index (χ1v) is 8.31. The second-order valence-electron chi connectivity index (χ2n) is 6.63. The lowest BCUT2D eigenvalue weighted by molar-refractivity contribution is 0.0937. The van der Waals surface area contributed by atoms with Crippen molar-refractivity contribution in [3.63, 3.8) is 0 Å². The lowest BCUT2D eigenvalue weighted by Gasteiger charge is -2.17. The molecule has 128 valence electrons. The van der Waals surface area contributed by atoms with Gasteiger partial charge in [-0.15, -0.1) is 0 Å². The number of carbonyl (C=O) groups is 1. The van der Waals surface area contributed by atoms with Crippen molar-refractivity contribution >= 4 is 17.4 Å². The minimum absolute atomic E-state index is 0.0630. The van der Waals surface area contributed by atoms with E-state index in [4.69, 9.17) is 0 Å². The third kappa shape index (κ3) is 4.31. The Labute approximate surface area is 143 Å². The molecule has 0 aliphatic carbocycles. The minimum atomic E-state index is -0.188. The van der Waals surface area contributed by atoms with Gasteiger partial charge >= 0.3 is 0 Å². The fourth-order valence-corrected chi connectivity index (χ4v) is 2.55. The molecule has 0 radical (unpaired) electrons. The number of benzene rings is 1. The molecule has 1 heterocycles. The lowest BCUT2D eigenvalue weighted by Crippen LogP contribution is -2.31. The van der Waals surface area contributed by atoms with Crippen LogP contribution in [0.25, 0.3) is 0 Å². The highest BCUT2D eigenvalue weighted by molar-refractivity contribution is 5.93. The smallest absolute Gasteiger partial charge is 0.270 e. The Morgan fingerprint density at radius 3 is 2.42 bits per heavy atom. The third-order valence-corrected chi connectivity index (χ3v) is 3.67. The standard InChI is InChI=1S/C19H26N4O/c1-11(2)15-9-7-8-13(5)18(15)23-17-10-16(21-14(6)22-17)19(24)20-12(3)4/h7-12H,1-6H3,(H,20,24)(H,21,22,23). The van der Waals surface area contributed by atoms with Gasteiger partial charge in [0.15, 0.2) is 0 Å². The maximum Gasteiger partial charge on any atom is 0.270 e. The van der Waals surface area contributed by atoms with E-state index in [1.807, 2.05) is 13.8 Å². The van der Waals surface area contributed by atoms with Gasteiger partial charge in [0, 0.05) is 17.8 Å². The van der Waals surface area contributed by atoms with Crippen LogP contribution in [0.1, 0.15) is 61.1 Å². The van der Waals surface area contributed by atoms with E-state index >= 15 is 0 Å². The zero-order valence-electron chi connectivity index (χ0n) is 15.3. The maximum absolute atomic E-state index is 12.2. The number of aryl methyl sites for hydroxylation is 2. The van der Waals surface area contributed by atoms with Crippen molar-refractivity contribution in [1.29, 1.82) is 0 Å². The van der Waals surface area contributed by atoms with E-state index < -0.39 is 0 Å². The first-order chi connectivity index (χ1) is 11.3. The Morgan fingerprint density at radius 1 is 1.08 bits per heavy atom. The Morgan fingerprint density at radius 2 is 1.79 bits per heavy atom. The molecule has 0 aliphatic rings. The summed E-state index contributed by atoms with van der Waals surface area (Å²) in [5.74, 6) is 1.40. The zero-order valence-corrected chi connectivity index (χ0v) is 15.3. The molecule has 2 N–H and O–H groups in total. The van der Waals surface area contributed by atoms with Gasteiger partial charge in [0.2, 0.25) is 0 Å². The molecular formula is C19H26N4O. The molecule has 5 nitrogen and oxygen atoms in total. The molecule has 0 unspecified atom stereocenters. The maximum atomic E-state index is 12.2. The Bertz CT molecular complexity index is 738. The predicted octanol–water partition coefficient (Wildman–Crippen LogP) is 4.10. The summed E-state index contributed by atoms with van der Waals surface area (Å²) in [5, 5.41) is 6.24. The third-order valence-electron chi connectivity index (χ3n) is 3.67. The number of anilines is 2. The van der Waals surface area contributed by atoms with E-state index in [1.165, 1.54) is 5.56 Å². The van der Waals surface area contributed by atoms with Crippen molar-refractivity contribution in [1.82, 2.24) is 15.3 Å². The number of nitrogens with zero attached hydrogens (tertiary/aromatic N) is 2. The summed E-state index contributed by atoms with van der Waals surface area (Å²) in [6, 6.07) is 7.99. The molecule has 0 atom stereocenters. The molecule has 24 heavy (non-hydrogen) atoms. The topological polar surface area (TPSA) is 66.9 Å². The number of hydrogen-bond donors (Lipinski definition) is 2. The number of amides is 1. The van der Waals surface area contributed by atoms with Crippen LogP contribution in [0.2, 0.25) is 0 Å². The lowest BCUT2D eigenvalue weighted by atomic mass is 9.98. The summed E-state index contributed by atoms with van der Waals surface area (Å²) in [4.78, 5) is 20.9. The van der Waals surface area contributed by atoms with Crippen LogP contribution in [-0.2, 0) is 0 Å². The molecule has 5 heteroatoms. The van der Waals surface area contributed by atoms with E-state index in [1.54, 1.807) is 13.0 Å². The highest BCUT2D eigenvalue weighted by Crippen LogP contribution is 2.29. The van der Waals surface area contributed by atoms with Crippen molar-refractivity contribution in [2.75, 3.05) is 5.32 Å². The second kappa shape index (κ2) is 7.43. The fourth-order valence-electron chi connectivity index (χ4n) is 2.55. The van der Waals surface area contributed by atoms with E-state index in [9.17, 15) is 4.79 Å². The molecule has 0 bridgehead atoms. The number of aromatic nitrogens is 2. The fraction of sp³-hybridized carbons (Fsp3) is 0.421. The number of para-hydroxylation sites is 1. The Balaban J connectivity index is 2.38. The predicted molar refractivity (Wildman–Crippen MR) is 97.9 cm³/mol. The molecule has 0 aliphatic heterocycles. The molecule has 0 fully saturated rings. The summed E-state index contributed by atoms with van der Waals surface area (Å²) < 4.78 is 0. The first kappa shape index (κ1) is 17.9. The van der Waals surface area contributed by atoms with Gasteiger partial charge in [0.1, 0.15) is 17.3 Å². The summed E-state index contributed by atoms with van der Waals surface area (Å²) in [6.07, 6.45) is 0. The molecule has 1 amide bonds. The quantitative estimate of drug-likeness (QED) is 0.868. The highest BCUT2D eigenvalue weighted by atomic mass is 16.1. The number of carbonyl (C=O) groups excluding carboxylic acids is 1. The van der Waals surface area contributed by atoms with Gasteiger partial charge in [0.05, 0.1) is 0 Å². The van der Waals surface area contributed by atoms with Gasteiger partial charge < -0.3 is 10.6 Å². The number of hydrogen-bond acceptors (Lipinski definition) is 4. The van der Waals surface area contributed by atoms with Crippen LogP contribution in [0.4, 0.5) is 11.5 Å². The first-order valence-electron chi connectivity index (χ1n) is 8.31. The van der Waals surface area contributed by atoms with Crippen LogP contribution in [0.3, 0.4) is 0 Å². The SMILES string of the molecule is Cc1nc(Nc2c(C)cccc2C(C)C)cc(C(=O)NC(C)C)n1. The summed E-state index contributed by atoms with van der Waals surface area (Å²) in [6.45, 7) is 12.0. The van der Waals surface area contributed by atoms with Crippen molar-refractivity contribution < 1.29 is 4.79 Å². The van der Waals surface area contributed by atoms with Gasteiger partial charge in [-0.25, -0.2) is 9.97 Å². The zero-order chi connectivity index (χ0) is 17.9. The van der Waals surface area contributed by atoms with Gasteiger partial charge in [-0.2, -0.15) is 0 Å². The second-order valence-corrected chi connectivity index (χ2v) is 6.63. The van der Waals surface area contributed by atoms with Crippen molar-refractivity contribution in [2.45, 2.75) is 53.5 Å². The van der Waals surface area contributed by atoms with E-state index in [2.05, 4.69) is 59.6 Å². The molecule has 2 aromatic rings. The van der Waals surface area contributed by atoms with E-state index in [-0.39, 0.29) is 11.9 Å².